The number of nitrogens with zero attached hydrogens (tertiary/aromatic N) is 2. The van der Waals surface area contributed by atoms with Crippen molar-refractivity contribution in [2.24, 2.45) is 0 Å². The minimum Gasteiger partial charge on any atom is -0.369 e. The number of anilines is 1. The SMILES string of the molecule is O=C(NCc1cccc(C(F)(F)F)c1)c1ccc(CN2CCN(c3ccccc3)CC2)cc1. The van der Waals surface area contributed by atoms with Crippen LogP contribution in [0.3, 0.4) is 0 Å². The van der Waals surface area contributed by atoms with Crippen LogP contribution in [-0.2, 0) is 19.3 Å². The fourth-order valence-electron chi connectivity index (χ4n) is 3.96. The Bertz CT molecular complexity index is 1060. The number of hydrogen-bond donors (Lipinski definition) is 1. The van der Waals surface area contributed by atoms with Gasteiger partial charge in [0.1, 0.15) is 0 Å². The van der Waals surface area contributed by atoms with E-state index in [1.54, 1.807) is 18.2 Å². The van der Waals surface area contributed by atoms with Crippen LogP contribution < -0.4 is 10.2 Å². The van der Waals surface area contributed by atoms with E-state index in [0.29, 0.717) is 11.1 Å². The highest BCUT2D eigenvalue weighted by Gasteiger charge is 2.30. The second-order valence-electron chi connectivity index (χ2n) is 8.18. The summed E-state index contributed by atoms with van der Waals surface area (Å²) in [6.45, 7) is 4.73. The molecule has 1 fully saturated rings. The Kier molecular flexibility index (Phi) is 6.99. The van der Waals surface area contributed by atoms with Crippen molar-refractivity contribution in [1.29, 1.82) is 0 Å². The smallest absolute Gasteiger partial charge is 0.369 e. The Hall–Kier alpha value is -3.32. The summed E-state index contributed by atoms with van der Waals surface area (Å²) in [7, 11) is 0. The molecule has 1 aliphatic heterocycles. The Labute approximate surface area is 191 Å². The largest absolute Gasteiger partial charge is 0.416 e. The molecule has 0 aliphatic carbocycles. The molecule has 1 N–H and O–H groups in total. The van der Waals surface area contributed by atoms with Gasteiger partial charge in [-0.3, -0.25) is 9.69 Å². The van der Waals surface area contributed by atoms with Gasteiger partial charge in [0.05, 0.1) is 5.56 Å². The molecule has 0 atom stereocenters. The molecule has 1 saturated heterocycles. The first-order chi connectivity index (χ1) is 15.9. The van der Waals surface area contributed by atoms with Crippen molar-refractivity contribution in [3.05, 3.63) is 101 Å². The molecule has 4 nitrogen and oxygen atoms in total. The van der Waals surface area contributed by atoms with E-state index < -0.39 is 11.7 Å². The highest BCUT2D eigenvalue weighted by molar-refractivity contribution is 5.94. The molecule has 0 unspecified atom stereocenters. The van der Waals surface area contributed by atoms with Crippen molar-refractivity contribution in [3.8, 4) is 0 Å². The molecule has 3 aromatic rings. The van der Waals surface area contributed by atoms with Crippen molar-refractivity contribution in [1.82, 2.24) is 10.2 Å². The standard InChI is InChI=1S/C26H26F3N3O/c27-26(28,29)23-6-4-5-21(17-23)18-30-25(33)22-11-9-20(10-12-22)19-31-13-15-32(16-14-31)24-7-2-1-3-8-24/h1-12,17H,13-16,18-19H2,(H,30,33). The van der Waals surface area contributed by atoms with Gasteiger partial charge in [0.25, 0.3) is 5.91 Å². The lowest BCUT2D eigenvalue weighted by Crippen LogP contribution is -2.45. The summed E-state index contributed by atoms with van der Waals surface area (Å²) >= 11 is 0. The van der Waals surface area contributed by atoms with Crippen LogP contribution in [0.2, 0.25) is 0 Å². The number of piperazine rings is 1. The maximum Gasteiger partial charge on any atom is 0.416 e. The lowest BCUT2D eigenvalue weighted by molar-refractivity contribution is -0.137. The highest BCUT2D eigenvalue weighted by atomic mass is 19.4. The third-order valence-corrected chi connectivity index (χ3v) is 5.82. The Morgan fingerprint density at radius 2 is 1.52 bits per heavy atom. The molecule has 0 radical (unpaired) electrons. The van der Waals surface area contributed by atoms with Gasteiger partial charge in [0, 0.05) is 50.5 Å². The summed E-state index contributed by atoms with van der Waals surface area (Å²) in [5.41, 5.74) is 2.54. The lowest BCUT2D eigenvalue weighted by atomic mass is 10.1. The fourth-order valence-corrected chi connectivity index (χ4v) is 3.96. The maximum absolute atomic E-state index is 12.8. The Morgan fingerprint density at radius 1 is 0.818 bits per heavy atom. The third kappa shape index (κ3) is 6.14. The van der Waals surface area contributed by atoms with E-state index in [1.807, 2.05) is 18.2 Å². The Morgan fingerprint density at radius 3 is 2.18 bits per heavy atom. The van der Waals surface area contributed by atoms with E-state index in [9.17, 15) is 18.0 Å². The van der Waals surface area contributed by atoms with E-state index in [0.717, 1.165) is 50.4 Å². The first-order valence-corrected chi connectivity index (χ1v) is 10.9. The lowest BCUT2D eigenvalue weighted by Gasteiger charge is -2.36. The van der Waals surface area contributed by atoms with Crippen LogP contribution >= 0.6 is 0 Å². The van der Waals surface area contributed by atoms with Crippen LogP contribution in [0.25, 0.3) is 0 Å². The van der Waals surface area contributed by atoms with Gasteiger partial charge in [-0.15, -0.1) is 0 Å². The average Bonchev–Trinajstić information content (AvgIpc) is 2.84. The van der Waals surface area contributed by atoms with Crippen molar-refractivity contribution < 1.29 is 18.0 Å². The predicted molar refractivity (Wildman–Crippen MR) is 123 cm³/mol. The van der Waals surface area contributed by atoms with E-state index in [2.05, 4.69) is 39.4 Å². The van der Waals surface area contributed by atoms with Crippen molar-refractivity contribution in [3.63, 3.8) is 0 Å². The van der Waals surface area contributed by atoms with Crippen LogP contribution in [0, 0.1) is 0 Å². The van der Waals surface area contributed by atoms with Gasteiger partial charge in [-0.1, -0.05) is 42.5 Å². The van der Waals surface area contributed by atoms with Gasteiger partial charge in [-0.25, -0.2) is 0 Å². The number of carbonyl (C=O) groups is 1. The molecule has 4 rings (SSSR count). The molecular formula is C26H26F3N3O. The summed E-state index contributed by atoms with van der Waals surface area (Å²) in [6, 6.07) is 22.8. The fraction of sp³-hybridized carbons (Fsp3) is 0.269. The maximum atomic E-state index is 12.8. The van der Waals surface area contributed by atoms with E-state index >= 15 is 0 Å². The van der Waals surface area contributed by atoms with E-state index in [1.165, 1.54) is 11.8 Å². The summed E-state index contributed by atoms with van der Waals surface area (Å²) in [6.07, 6.45) is -4.40. The highest BCUT2D eigenvalue weighted by Crippen LogP contribution is 2.29. The number of alkyl halides is 3. The van der Waals surface area contributed by atoms with Gasteiger partial charge in [0.15, 0.2) is 0 Å². The number of hydrogen-bond acceptors (Lipinski definition) is 3. The minimum atomic E-state index is -4.40. The minimum absolute atomic E-state index is 0.0379. The molecule has 7 heteroatoms. The van der Waals surface area contributed by atoms with Crippen LogP contribution in [0.5, 0.6) is 0 Å². The molecule has 1 aliphatic rings. The molecule has 33 heavy (non-hydrogen) atoms. The zero-order valence-electron chi connectivity index (χ0n) is 18.2. The van der Waals surface area contributed by atoms with Crippen molar-refractivity contribution in [2.45, 2.75) is 19.3 Å². The summed E-state index contributed by atoms with van der Waals surface area (Å²) in [5, 5.41) is 2.69. The molecule has 0 saturated carbocycles. The number of rotatable bonds is 6. The molecule has 172 valence electrons. The van der Waals surface area contributed by atoms with Crippen molar-refractivity contribution in [2.75, 3.05) is 31.1 Å². The van der Waals surface area contributed by atoms with Gasteiger partial charge < -0.3 is 10.2 Å². The predicted octanol–water partition coefficient (Wildman–Crippen LogP) is 4.96. The number of carbonyl (C=O) groups excluding carboxylic acids is 1. The normalized spacial score (nSPS) is 14.8. The molecule has 0 aromatic heterocycles. The van der Waals surface area contributed by atoms with Crippen molar-refractivity contribution >= 4 is 11.6 Å². The monoisotopic (exact) mass is 453 g/mol. The first-order valence-electron chi connectivity index (χ1n) is 10.9. The number of halogens is 3. The number of benzene rings is 3. The van der Waals surface area contributed by atoms with Gasteiger partial charge >= 0.3 is 6.18 Å². The average molecular weight is 454 g/mol. The van der Waals surface area contributed by atoms with Crippen LogP contribution in [0.4, 0.5) is 18.9 Å². The number of amides is 1. The quantitative estimate of drug-likeness (QED) is 0.573. The summed E-state index contributed by atoms with van der Waals surface area (Å²) in [5.74, 6) is -0.310. The zero-order valence-corrected chi connectivity index (χ0v) is 18.2. The molecule has 0 spiro atoms. The number of nitrogens with one attached hydrogen (secondary N) is 1. The van der Waals surface area contributed by atoms with Gasteiger partial charge in [0.2, 0.25) is 0 Å². The molecule has 3 aromatic carbocycles. The summed E-state index contributed by atoms with van der Waals surface area (Å²) < 4.78 is 38.5. The van der Waals surface area contributed by atoms with Crippen LogP contribution in [-0.4, -0.2) is 37.0 Å². The second-order valence-corrected chi connectivity index (χ2v) is 8.18. The Balaban J connectivity index is 1.26. The van der Waals surface area contributed by atoms with E-state index in [4.69, 9.17) is 0 Å². The third-order valence-electron chi connectivity index (χ3n) is 5.82. The second kappa shape index (κ2) is 10.1. The van der Waals surface area contributed by atoms with Gasteiger partial charge in [-0.05, 0) is 47.5 Å². The topological polar surface area (TPSA) is 35.6 Å². The summed E-state index contributed by atoms with van der Waals surface area (Å²) in [4.78, 5) is 17.2. The molecule has 0 bridgehead atoms. The molecule has 1 heterocycles. The first kappa shape index (κ1) is 22.9. The number of para-hydroxylation sites is 1. The molecular weight excluding hydrogens is 427 g/mol. The van der Waals surface area contributed by atoms with E-state index in [-0.39, 0.29) is 12.5 Å². The zero-order chi connectivity index (χ0) is 23.3. The van der Waals surface area contributed by atoms with Gasteiger partial charge in [-0.2, -0.15) is 13.2 Å². The van der Waals surface area contributed by atoms with Crippen LogP contribution in [0.15, 0.2) is 78.9 Å². The molecule has 1 amide bonds. The van der Waals surface area contributed by atoms with Crippen LogP contribution in [0.1, 0.15) is 27.0 Å².